The second-order valence-corrected chi connectivity index (χ2v) is 6.32. The number of phenolic OH excluding ortho intramolecular Hbond substituents is 2. The summed E-state index contributed by atoms with van der Waals surface area (Å²) in [6.45, 7) is 0. The van der Waals surface area contributed by atoms with Gasteiger partial charge in [-0.1, -0.05) is 24.3 Å². The lowest BCUT2D eigenvalue weighted by Crippen LogP contribution is -1.86. The number of aromatic hydroxyl groups is 2. The van der Waals surface area contributed by atoms with Crippen LogP contribution in [0.4, 0.5) is 10.8 Å². The molecule has 4 N–H and O–H groups in total. The number of thiazole rings is 1. The molecule has 2 aromatic heterocycles. The van der Waals surface area contributed by atoms with Crippen LogP contribution in [0.15, 0.2) is 60.2 Å². The Bertz CT molecular complexity index is 994. The van der Waals surface area contributed by atoms with Crippen molar-refractivity contribution in [3.05, 3.63) is 60.2 Å². The van der Waals surface area contributed by atoms with Gasteiger partial charge in [-0.3, -0.25) is 10.1 Å². The van der Waals surface area contributed by atoms with Crippen LogP contribution in [0.5, 0.6) is 11.5 Å². The number of aromatic nitrogens is 3. The first-order valence-corrected chi connectivity index (χ1v) is 8.41. The Morgan fingerprint density at radius 1 is 0.960 bits per heavy atom. The summed E-state index contributed by atoms with van der Waals surface area (Å²) >= 11 is 1.51. The molecule has 0 spiro atoms. The summed E-state index contributed by atoms with van der Waals surface area (Å²) in [5.74, 6) is 0.807. The maximum absolute atomic E-state index is 9.97. The molecular formula is C18H14N4O2S. The molecule has 25 heavy (non-hydrogen) atoms. The molecule has 0 unspecified atom stereocenters. The molecule has 4 aromatic rings. The van der Waals surface area contributed by atoms with Crippen LogP contribution in [0.1, 0.15) is 0 Å². The van der Waals surface area contributed by atoms with Gasteiger partial charge < -0.3 is 15.5 Å². The van der Waals surface area contributed by atoms with E-state index in [9.17, 15) is 10.2 Å². The van der Waals surface area contributed by atoms with Gasteiger partial charge in [-0.25, -0.2) is 0 Å². The molecule has 6 nitrogen and oxygen atoms in total. The Kier molecular flexibility index (Phi) is 3.83. The van der Waals surface area contributed by atoms with Gasteiger partial charge in [-0.2, -0.15) is 5.10 Å². The molecule has 0 saturated heterocycles. The first kappa shape index (κ1) is 15.2. The molecule has 0 atom stereocenters. The summed E-state index contributed by atoms with van der Waals surface area (Å²) in [5.41, 5.74) is 5.15. The Morgan fingerprint density at radius 3 is 2.48 bits per heavy atom. The van der Waals surface area contributed by atoms with Crippen molar-refractivity contribution in [3.8, 4) is 33.9 Å². The van der Waals surface area contributed by atoms with E-state index in [0.717, 1.165) is 27.6 Å². The zero-order valence-corrected chi connectivity index (χ0v) is 13.8. The van der Waals surface area contributed by atoms with Crippen molar-refractivity contribution in [2.24, 2.45) is 0 Å². The van der Waals surface area contributed by atoms with E-state index in [0.29, 0.717) is 5.56 Å². The normalized spacial score (nSPS) is 10.7. The Hall–Kier alpha value is -3.32. The minimum absolute atomic E-state index is 0.0382. The summed E-state index contributed by atoms with van der Waals surface area (Å²) in [6, 6.07) is 14.2. The highest BCUT2D eigenvalue weighted by Crippen LogP contribution is 2.33. The van der Waals surface area contributed by atoms with E-state index in [2.05, 4.69) is 20.5 Å². The number of anilines is 2. The lowest BCUT2D eigenvalue weighted by Gasteiger charge is -2.06. The summed E-state index contributed by atoms with van der Waals surface area (Å²) in [7, 11) is 0. The van der Waals surface area contributed by atoms with Crippen molar-refractivity contribution in [1.29, 1.82) is 0 Å². The molecule has 7 heteroatoms. The third-order valence-corrected chi connectivity index (χ3v) is 4.44. The van der Waals surface area contributed by atoms with Crippen LogP contribution in [-0.4, -0.2) is 25.4 Å². The molecule has 0 radical (unpaired) electrons. The van der Waals surface area contributed by atoms with Gasteiger partial charge in [0.15, 0.2) is 5.82 Å². The molecule has 0 fully saturated rings. The Labute approximate surface area is 147 Å². The van der Waals surface area contributed by atoms with Crippen LogP contribution < -0.4 is 5.32 Å². The predicted molar refractivity (Wildman–Crippen MR) is 98.2 cm³/mol. The standard InChI is InChI=1S/C18H14N4O2S/c23-13-5-6-14(16(24)7-13)11-1-3-12(4-2-11)15-8-17(22-21-15)20-18-9-19-10-25-18/h1-10,23-24H,(H2,20,21,22). The SMILES string of the molecule is Oc1ccc(-c2ccc(-c3cc(Nc4cncs4)n[nH]3)cc2)c(O)c1. The first-order chi connectivity index (χ1) is 12.2. The largest absolute Gasteiger partial charge is 0.508 e. The number of rotatable bonds is 4. The fourth-order valence-electron chi connectivity index (χ4n) is 2.53. The number of H-pyrrole nitrogens is 1. The van der Waals surface area contributed by atoms with Gasteiger partial charge in [0, 0.05) is 17.7 Å². The molecule has 124 valence electrons. The highest BCUT2D eigenvalue weighted by atomic mass is 32.1. The Morgan fingerprint density at radius 2 is 1.76 bits per heavy atom. The number of phenols is 2. The average molecular weight is 350 g/mol. The summed E-state index contributed by atoms with van der Waals surface area (Å²) < 4.78 is 0. The molecule has 0 saturated carbocycles. The van der Waals surface area contributed by atoms with E-state index in [1.807, 2.05) is 30.3 Å². The van der Waals surface area contributed by atoms with E-state index in [1.165, 1.54) is 17.4 Å². The second-order valence-electron chi connectivity index (χ2n) is 5.44. The third kappa shape index (κ3) is 3.17. The number of nitrogens with zero attached hydrogens (tertiary/aromatic N) is 2. The van der Waals surface area contributed by atoms with Gasteiger partial charge in [0.1, 0.15) is 16.5 Å². The van der Waals surface area contributed by atoms with Crippen molar-refractivity contribution in [1.82, 2.24) is 15.2 Å². The van der Waals surface area contributed by atoms with Crippen LogP contribution in [0.25, 0.3) is 22.4 Å². The van der Waals surface area contributed by atoms with Crippen molar-refractivity contribution in [2.45, 2.75) is 0 Å². The van der Waals surface area contributed by atoms with Crippen LogP contribution in [0.3, 0.4) is 0 Å². The van der Waals surface area contributed by atoms with Crippen molar-refractivity contribution in [3.63, 3.8) is 0 Å². The minimum Gasteiger partial charge on any atom is -0.508 e. The second kappa shape index (κ2) is 6.29. The molecule has 0 bridgehead atoms. The summed E-state index contributed by atoms with van der Waals surface area (Å²) in [6.07, 6.45) is 1.75. The molecule has 0 aliphatic heterocycles. The summed E-state index contributed by atoms with van der Waals surface area (Å²) in [5, 5.41) is 30.7. The van der Waals surface area contributed by atoms with Crippen LogP contribution in [-0.2, 0) is 0 Å². The first-order valence-electron chi connectivity index (χ1n) is 7.53. The minimum atomic E-state index is 0.0382. The number of hydrogen-bond donors (Lipinski definition) is 4. The third-order valence-electron chi connectivity index (χ3n) is 3.75. The van der Waals surface area contributed by atoms with Gasteiger partial charge in [0.05, 0.1) is 17.4 Å². The molecule has 4 rings (SSSR count). The molecule has 0 aliphatic carbocycles. The van der Waals surface area contributed by atoms with Crippen molar-refractivity contribution in [2.75, 3.05) is 5.32 Å². The lowest BCUT2D eigenvalue weighted by molar-refractivity contribution is 0.452. The number of aromatic amines is 1. The van der Waals surface area contributed by atoms with E-state index in [-0.39, 0.29) is 11.5 Å². The van der Waals surface area contributed by atoms with Gasteiger partial charge in [0.25, 0.3) is 0 Å². The summed E-state index contributed by atoms with van der Waals surface area (Å²) in [4.78, 5) is 4.02. The van der Waals surface area contributed by atoms with Crippen molar-refractivity contribution < 1.29 is 10.2 Å². The van der Waals surface area contributed by atoms with Gasteiger partial charge in [0.2, 0.25) is 0 Å². The highest BCUT2D eigenvalue weighted by molar-refractivity contribution is 7.13. The van der Waals surface area contributed by atoms with Crippen LogP contribution in [0, 0.1) is 0 Å². The van der Waals surface area contributed by atoms with Gasteiger partial charge in [-0.15, -0.1) is 11.3 Å². The molecule has 2 heterocycles. The zero-order valence-electron chi connectivity index (χ0n) is 13.0. The predicted octanol–water partition coefficient (Wildman–Crippen LogP) is 4.36. The van der Waals surface area contributed by atoms with E-state index in [4.69, 9.17) is 0 Å². The monoisotopic (exact) mass is 350 g/mol. The maximum atomic E-state index is 9.97. The van der Waals surface area contributed by atoms with Gasteiger partial charge >= 0.3 is 0 Å². The van der Waals surface area contributed by atoms with E-state index >= 15 is 0 Å². The average Bonchev–Trinajstić information content (AvgIpc) is 3.28. The zero-order chi connectivity index (χ0) is 17.2. The smallest absolute Gasteiger partial charge is 0.153 e. The molecular weight excluding hydrogens is 336 g/mol. The lowest BCUT2D eigenvalue weighted by atomic mass is 10.0. The van der Waals surface area contributed by atoms with Crippen LogP contribution >= 0.6 is 11.3 Å². The Balaban J connectivity index is 1.57. The molecule has 0 aliphatic rings. The topological polar surface area (TPSA) is 94.1 Å². The highest BCUT2D eigenvalue weighted by Gasteiger charge is 2.08. The fourth-order valence-corrected chi connectivity index (χ4v) is 3.05. The quantitative estimate of drug-likeness (QED) is 0.439. The van der Waals surface area contributed by atoms with E-state index < -0.39 is 0 Å². The van der Waals surface area contributed by atoms with Gasteiger partial charge in [-0.05, 0) is 23.3 Å². The van der Waals surface area contributed by atoms with E-state index in [1.54, 1.807) is 23.8 Å². The molecule has 0 amide bonds. The number of nitrogens with one attached hydrogen (secondary N) is 2. The van der Waals surface area contributed by atoms with Crippen LogP contribution in [0.2, 0.25) is 0 Å². The number of benzene rings is 2. The fraction of sp³-hybridized carbons (Fsp3) is 0. The van der Waals surface area contributed by atoms with Crippen molar-refractivity contribution >= 4 is 22.2 Å². The number of hydrogen-bond acceptors (Lipinski definition) is 6. The molecule has 2 aromatic carbocycles. The maximum Gasteiger partial charge on any atom is 0.153 e.